The third kappa shape index (κ3) is 6.43. The maximum absolute atomic E-state index is 12.0. The van der Waals surface area contributed by atoms with Crippen molar-refractivity contribution in [1.29, 1.82) is 0 Å². The molecule has 0 atom stereocenters. The third-order valence-electron chi connectivity index (χ3n) is 3.14. The molecule has 5 N–H and O–H groups in total. The van der Waals surface area contributed by atoms with Crippen LogP contribution >= 0.6 is 27.3 Å². The first-order chi connectivity index (χ1) is 12.5. The molecule has 1 heterocycles. The Morgan fingerprint density at radius 1 is 1.15 bits per heavy atom. The van der Waals surface area contributed by atoms with Gasteiger partial charge in [0.05, 0.1) is 11.1 Å². The van der Waals surface area contributed by atoms with Crippen molar-refractivity contribution in [2.75, 3.05) is 6.26 Å². The zero-order valence-electron chi connectivity index (χ0n) is 14.1. The largest absolute Gasteiger partial charge is 0.370 e. The molecule has 10 heteroatoms. The lowest BCUT2D eigenvalue weighted by atomic mass is 10.0. The first-order valence-electron chi connectivity index (χ1n) is 7.39. The normalized spacial score (nSPS) is 10.8. The van der Waals surface area contributed by atoms with Gasteiger partial charge in [-0.2, -0.15) is 13.4 Å². The second-order valence-corrected chi connectivity index (χ2v) is 8.88. The number of hydrogen-bond donors (Lipinski definition) is 3. The van der Waals surface area contributed by atoms with Gasteiger partial charge in [0.1, 0.15) is 0 Å². The first-order valence-corrected chi connectivity index (χ1v) is 10.9. The summed E-state index contributed by atoms with van der Waals surface area (Å²) >= 11 is 4.86. The molecule has 0 fully saturated rings. The van der Waals surface area contributed by atoms with E-state index in [1.807, 2.05) is 48.5 Å². The molecule has 0 saturated heterocycles. The van der Waals surface area contributed by atoms with E-state index >= 15 is 0 Å². The number of nitrogens with two attached hydrogens (primary N) is 2. The number of rotatable bonds is 2. The molecule has 27 heavy (non-hydrogen) atoms. The SMILES string of the molecule is CS(=O)(=O)O.NC(N)=NC(=O)c1cc2c(-c3cccc(Br)c3)cccc2s1. The van der Waals surface area contributed by atoms with Crippen LogP contribution in [0, 0.1) is 0 Å². The summed E-state index contributed by atoms with van der Waals surface area (Å²) in [5.41, 5.74) is 12.7. The quantitative estimate of drug-likeness (QED) is 0.299. The molecular formula is C17H16BrN3O4S2. The summed E-state index contributed by atoms with van der Waals surface area (Å²) in [5, 5.41) is 1.01. The molecule has 3 rings (SSSR count). The summed E-state index contributed by atoms with van der Waals surface area (Å²) in [6.45, 7) is 0. The fourth-order valence-electron chi connectivity index (χ4n) is 2.25. The molecule has 1 aromatic heterocycles. The fraction of sp³-hybridized carbons (Fsp3) is 0.0588. The Kier molecular flexibility index (Phi) is 6.71. The van der Waals surface area contributed by atoms with Crippen LogP contribution in [0.4, 0.5) is 0 Å². The predicted octanol–water partition coefficient (Wildman–Crippen LogP) is 3.25. The Hall–Kier alpha value is -2.27. The van der Waals surface area contributed by atoms with E-state index < -0.39 is 16.0 Å². The lowest BCUT2D eigenvalue weighted by Crippen LogP contribution is -2.24. The maximum atomic E-state index is 12.0. The average molecular weight is 470 g/mol. The Bertz CT molecular complexity index is 1110. The summed E-state index contributed by atoms with van der Waals surface area (Å²) in [7, 11) is -3.67. The maximum Gasteiger partial charge on any atom is 0.290 e. The Labute approximate surface area is 168 Å². The van der Waals surface area contributed by atoms with E-state index in [0.29, 0.717) is 11.1 Å². The summed E-state index contributed by atoms with van der Waals surface area (Å²) in [5.74, 6) is -0.643. The van der Waals surface area contributed by atoms with Crippen LogP contribution in [0.15, 0.2) is 58.0 Å². The van der Waals surface area contributed by atoms with Gasteiger partial charge in [-0.25, -0.2) is 0 Å². The number of hydrogen-bond acceptors (Lipinski definition) is 4. The highest BCUT2D eigenvalue weighted by molar-refractivity contribution is 9.10. The molecule has 0 bridgehead atoms. The smallest absolute Gasteiger partial charge is 0.290 e. The summed E-state index contributed by atoms with van der Waals surface area (Å²) < 4.78 is 27.9. The van der Waals surface area contributed by atoms with Crippen LogP contribution in [0.5, 0.6) is 0 Å². The van der Waals surface area contributed by atoms with Crippen molar-refractivity contribution in [3.8, 4) is 11.1 Å². The molecule has 0 spiro atoms. The van der Waals surface area contributed by atoms with Crippen LogP contribution in [0.25, 0.3) is 21.2 Å². The van der Waals surface area contributed by atoms with Crippen LogP contribution in [0.3, 0.4) is 0 Å². The van der Waals surface area contributed by atoms with E-state index in [9.17, 15) is 13.2 Å². The van der Waals surface area contributed by atoms with Crippen molar-refractivity contribution < 1.29 is 17.8 Å². The van der Waals surface area contributed by atoms with Gasteiger partial charge in [0.2, 0.25) is 0 Å². The lowest BCUT2D eigenvalue weighted by Gasteiger charge is -2.04. The molecule has 0 aliphatic carbocycles. The zero-order chi connectivity index (χ0) is 20.2. The molecular weight excluding hydrogens is 454 g/mol. The summed E-state index contributed by atoms with van der Waals surface area (Å²) in [6.07, 6.45) is 0.715. The van der Waals surface area contributed by atoms with E-state index in [2.05, 4.69) is 20.9 Å². The molecule has 142 valence electrons. The number of carbonyl (C=O) groups is 1. The fourth-order valence-corrected chi connectivity index (χ4v) is 3.62. The number of benzene rings is 2. The molecule has 7 nitrogen and oxygen atoms in total. The Balaban J connectivity index is 0.000000465. The standard InChI is InChI=1S/C16H12BrN3OS.CH4O3S/c17-10-4-1-3-9(7-10)11-5-2-6-13-12(11)8-14(22-13)15(21)20-16(18)19;1-5(2,3)4/h1-8H,(H4,18,19,20,21);1H3,(H,2,3,4). The van der Waals surface area contributed by atoms with Crippen molar-refractivity contribution >= 4 is 59.3 Å². The van der Waals surface area contributed by atoms with Gasteiger partial charge in [-0.15, -0.1) is 11.3 Å². The molecule has 3 aromatic rings. The highest BCUT2D eigenvalue weighted by atomic mass is 79.9. The minimum Gasteiger partial charge on any atom is -0.370 e. The van der Waals surface area contributed by atoms with Gasteiger partial charge in [0, 0.05) is 14.6 Å². The molecule has 0 unspecified atom stereocenters. The number of fused-ring (bicyclic) bond motifs is 1. The molecule has 2 aromatic carbocycles. The average Bonchev–Trinajstić information content (AvgIpc) is 2.96. The highest BCUT2D eigenvalue weighted by Gasteiger charge is 2.13. The van der Waals surface area contributed by atoms with Gasteiger partial charge in [-0.1, -0.05) is 40.2 Å². The van der Waals surface area contributed by atoms with E-state index in [0.717, 1.165) is 25.7 Å². The van der Waals surface area contributed by atoms with Crippen LogP contribution in [0.1, 0.15) is 9.67 Å². The van der Waals surface area contributed by atoms with E-state index in [4.69, 9.17) is 16.0 Å². The Morgan fingerprint density at radius 3 is 2.37 bits per heavy atom. The van der Waals surface area contributed by atoms with Gasteiger partial charge in [-0.3, -0.25) is 9.35 Å². The zero-order valence-corrected chi connectivity index (χ0v) is 17.3. The van der Waals surface area contributed by atoms with Gasteiger partial charge >= 0.3 is 0 Å². The second kappa shape index (κ2) is 8.61. The third-order valence-corrected chi connectivity index (χ3v) is 4.72. The summed E-state index contributed by atoms with van der Waals surface area (Å²) in [4.78, 5) is 16.1. The summed E-state index contributed by atoms with van der Waals surface area (Å²) in [6, 6.07) is 15.9. The highest BCUT2D eigenvalue weighted by Crippen LogP contribution is 2.35. The molecule has 0 aliphatic rings. The van der Waals surface area contributed by atoms with Crippen LogP contribution in [-0.2, 0) is 10.1 Å². The Morgan fingerprint density at radius 2 is 1.78 bits per heavy atom. The van der Waals surface area contributed by atoms with Crippen LogP contribution in [-0.4, -0.2) is 31.1 Å². The van der Waals surface area contributed by atoms with Crippen LogP contribution in [0.2, 0.25) is 0 Å². The van der Waals surface area contributed by atoms with Gasteiger partial charge in [-0.05, 0) is 35.4 Å². The molecule has 0 saturated carbocycles. The van der Waals surface area contributed by atoms with Crippen molar-refractivity contribution in [2.45, 2.75) is 0 Å². The number of amides is 1. The number of thiophene rings is 1. The minimum absolute atomic E-state index is 0.227. The van der Waals surface area contributed by atoms with Crippen molar-refractivity contribution in [1.82, 2.24) is 0 Å². The topological polar surface area (TPSA) is 136 Å². The van der Waals surface area contributed by atoms with Gasteiger partial charge in [0.25, 0.3) is 16.0 Å². The predicted molar refractivity (Wildman–Crippen MR) is 113 cm³/mol. The number of guanidine groups is 1. The van der Waals surface area contributed by atoms with E-state index in [1.54, 1.807) is 0 Å². The van der Waals surface area contributed by atoms with E-state index in [-0.39, 0.29) is 5.96 Å². The molecule has 0 aliphatic heterocycles. The van der Waals surface area contributed by atoms with Gasteiger partial charge in [0.15, 0.2) is 5.96 Å². The van der Waals surface area contributed by atoms with Crippen LogP contribution < -0.4 is 11.5 Å². The first kappa shape index (κ1) is 21.0. The number of nitrogens with zero attached hydrogens (tertiary/aromatic N) is 1. The number of halogens is 1. The monoisotopic (exact) mass is 469 g/mol. The minimum atomic E-state index is -3.67. The molecule has 0 radical (unpaired) electrons. The van der Waals surface area contributed by atoms with Crippen molar-refractivity contribution in [2.24, 2.45) is 16.5 Å². The van der Waals surface area contributed by atoms with Gasteiger partial charge < -0.3 is 11.5 Å². The number of carbonyl (C=O) groups excluding carboxylic acids is 1. The van der Waals surface area contributed by atoms with E-state index in [1.165, 1.54) is 11.3 Å². The lowest BCUT2D eigenvalue weighted by molar-refractivity contribution is 0.101. The second-order valence-electron chi connectivity index (χ2n) is 5.41. The van der Waals surface area contributed by atoms with Crippen molar-refractivity contribution in [3.05, 3.63) is 57.9 Å². The van der Waals surface area contributed by atoms with Crippen molar-refractivity contribution in [3.63, 3.8) is 0 Å². The molecule has 1 amide bonds. The number of aliphatic imine (C=N–C) groups is 1.